The molecule has 33 heavy (non-hydrogen) atoms. The Hall–Kier alpha value is -1.55. The number of thioether (sulfide) groups is 1. The van der Waals surface area contributed by atoms with Crippen LogP contribution in [-0.2, 0) is 0 Å². The predicted molar refractivity (Wildman–Crippen MR) is 144 cm³/mol. The molecule has 1 atom stereocenters. The number of nitrogens with zero attached hydrogens (tertiary/aromatic N) is 2. The van der Waals surface area contributed by atoms with Gasteiger partial charge in [-0.2, -0.15) is 0 Å². The molecule has 0 aliphatic rings. The van der Waals surface area contributed by atoms with Gasteiger partial charge in [-0.15, -0.1) is 0 Å². The molecule has 4 heteroatoms. The fourth-order valence-corrected chi connectivity index (χ4v) is 4.63. The molecule has 0 saturated carbocycles. The molecule has 1 aromatic heterocycles. The zero-order valence-electron chi connectivity index (χ0n) is 21.4. The van der Waals surface area contributed by atoms with Gasteiger partial charge in [-0.05, 0) is 36.5 Å². The molecule has 2 aromatic rings. The lowest BCUT2D eigenvalue weighted by atomic mass is 10.0. The van der Waals surface area contributed by atoms with Crippen molar-refractivity contribution in [1.29, 1.82) is 0 Å². The zero-order chi connectivity index (χ0) is 23.6. The van der Waals surface area contributed by atoms with Crippen LogP contribution in [0.4, 0.5) is 0 Å². The third-order valence-electron chi connectivity index (χ3n) is 6.35. The molecule has 0 fully saturated rings. The van der Waals surface area contributed by atoms with Crippen molar-refractivity contribution in [3.05, 3.63) is 36.7 Å². The highest BCUT2D eigenvalue weighted by molar-refractivity contribution is 7.99. The Balaban J connectivity index is 1.60. The number of aromatic nitrogens is 2. The minimum Gasteiger partial charge on any atom is -0.494 e. The van der Waals surface area contributed by atoms with E-state index < -0.39 is 0 Å². The van der Waals surface area contributed by atoms with E-state index in [0.29, 0.717) is 0 Å². The maximum Gasteiger partial charge on any atom is 0.187 e. The lowest BCUT2D eigenvalue weighted by Crippen LogP contribution is -1.98. The SMILES string of the molecule is CCCCCCCCCCSc1ncc(-c2ccc(OCCCCCC(C)CC)cc2)cn1. The lowest BCUT2D eigenvalue weighted by Gasteiger charge is -2.09. The second kappa shape index (κ2) is 17.9. The summed E-state index contributed by atoms with van der Waals surface area (Å²) in [7, 11) is 0. The maximum absolute atomic E-state index is 5.91. The van der Waals surface area contributed by atoms with E-state index in [1.54, 1.807) is 11.8 Å². The van der Waals surface area contributed by atoms with Crippen molar-refractivity contribution in [2.24, 2.45) is 5.92 Å². The summed E-state index contributed by atoms with van der Waals surface area (Å²) in [4.78, 5) is 9.12. The van der Waals surface area contributed by atoms with Gasteiger partial charge in [0.2, 0.25) is 0 Å². The van der Waals surface area contributed by atoms with Crippen LogP contribution in [0.1, 0.15) is 104 Å². The molecule has 1 aromatic carbocycles. The van der Waals surface area contributed by atoms with E-state index in [1.807, 2.05) is 12.4 Å². The fourth-order valence-electron chi connectivity index (χ4n) is 3.85. The van der Waals surface area contributed by atoms with E-state index in [0.717, 1.165) is 46.7 Å². The number of unbranched alkanes of at least 4 members (excludes halogenated alkanes) is 9. The van der Waals surface area contributed by atoms with E-state index in [4.69, 9.17) is 4.74 Å². The first-order valence-corrected chi connectivity index (χ1v) is 14.4. The van der Waals surface area contributed by atoms with Crippen LogP contribution in [0.5, 0.6) is 5.75 Å². The van der Waals surface area contributed by atoms with Gasteiger partial charge in [-0.25, -0.2) is 9.97 Å². The average molecular weight is 471 g/mol. The molecule has 0 bridgehead atoms. The second-order valence-electron chi connectivity index (χ2n) is 9.31. The van der Waals surface area contributed by atoms with Crippen LogP contribution < -0.4 is 4.74 Å². The van der Waals surface area contributed by atoms with E-state index >= 15 is 0 Å². The highest BCUT2D eigenvalue weighted by Gasteiger charge is 2.03. The number of hydrogen-bond acceptors (Lipinski definition) is 4. The van der Waals surface area contributed by atoms with E-state index in [-0.39, 0.29) is 0 Å². The minimum absolute atomic E-state index is 0.799. The van der Waals surface area contributed by atoms with Crippen LogP contribution >= 0.6 is 11.8 Å². The first-order chi connectivity index (χ1) is 16.2. The Kier molecular flexibility index (Phi) is 15.0. The van der Waals surface area contributed by atoms with Gasteiger partial charge in [0.25, 0.3) is 0 Å². The Morgan fingerprint density at radius 3 is 2.06 bits per heavy atom. The van der Waals surface area contributed by atoms with Gasteiger partial charge in [0.1, 0.15) is 5.75 Å². The summed E-state index contributed by atoms with van der Waals surface area (Å²) >= 11 is 1.77. The molecule has 0 radical (unpaired) electrons. The predicted octanol–water partition coefficient (Wildman–Crippen LogP) is 9.36. The summed E-state index contributed by atoms with van der Waals surface area (Å²) in [6.07, 6.45) is 21.0. The van der Waals surface area contributed by atoms with Crippen molar-refractivity contribution in [3.63, 3.8) is 0 Å². The molecule has 0 saturated heterocycles. The summed E-state index contributed by atoms with van der Waals surface area (Å²) in [5, 5.41) is 0.884. The molecule has 1 unspecified atom stereocenters. The van der Waals surface area contributed by atoms with Crippen LogP contribution in [-0.4, -0.2) is 22.3 Å². The van der Waals surface area contributed by atoms with Gasteiger partial charge in [-0.1, -0.05) is 115 Å². The van der Waals surface area contributed by atoms with Crippen molar-refractivity contribution >= 4 is 11.8 Å². The molecule has 1 heterocycles. The molecule has 0 aliphatic heterocycles. The standard InChI is InChI=1S/C29H46N2OS/c1-4-6-7-8-9-10-11-15-22-33-29-30-23-27(24-31-29)26-17-19-28(20-18-26)32-21-14-12-13-16-25(3)5-2/h17-20,23-25H,4-16,21-22H2,1-3H3. The van der Waals surface area contributed by atoms with Crippen LogP contribution in [0.2, 0.25) is 0 Å². The summed E-state index contributed by atoms with van der Waals surface area (Å²) in [6.45, 7) is 7.69. The molecule has 0 N–H and O–H groups in total. The molecule has 184 valence electrons. The van der Waals surface area contributed by atoms with Gasteiger partial charge in [0.15, 0.2) is 5.16 Å². The molecule has 0 spiro atoms. The highest BCUT2D eigenvalue weighted by atomic mass is 32.2. The summed E-state index contributed by atoms with van der Waals surface area (Å²) in [6, 6.07) is 8.31. The average Bonchev–Trinajstić information content (AvgIpc) is 2.85. The smallest absolute Gasteiger partial charge is 0.187 e. The largest absolute Gasteiger partial charge is 0.494 e. The topological polar surface area (TPSA) is 35.0 Å². The van der Waals surface area contributed by atoms with Gasteiger partial charge in [-0.3, -0.25) is 0 Å². The first-order valence-electron chi connectivity index (χ1n) is 13.4. The molecule has 0 aliphatic carbocycles. The van der Waals surface area contributed by atoms with Crippen molar-refractivity contribution in [1.82, 2.24) is 9.97 Å². The summed E-state index contributed by atoms with van der Waals surface area (Å²) in [5.74, 6) is 2.90. The summed E-state index contributed by atoms with van der Waals surface area (Å²) < 4.78 is 5.91. The van der Waals surface area contributed by atoms with Crippen LogP contribution in [0.15, 0.2) is 41.8 Å². The van der Waals surface area contributed by atoms with Crippen molar-refractivity contribution < 1.29 is 4.74 Å². The van der Waals surface area contributed by atoms with Crippen LogP contribution in [0.3, 0.4) is 0 Å². The van der Waals surface area contributed by atoms with Gasteiger partial charge >= 0.3 is 0 Å². The normalized spacial score (nSPS) is 12.1. The molecule has 2 rings (SSSR count). The molecular weight excluding hydrogens is 424 g/mol. The first kappa shape index (κ1) is 27.7. The van der Waals surface area contributed by atoms with E-state index in [9.17, 15) is 0 Å². The molecular formula is C29H46N2OS. The maximum atomic E-state index is 5.91. The second-order valence-corrected chi connectivity index (χ2v) is 10.4. The van der Waals surface area contributed by atoms with E-state index in [2.05, 4.69) is 55.0 Å². The van der Waals surface area contributed by atoms with Crippen LogP contribution in [0.25, 0.3) is 11.1 Å². The number of benzene rings is 1. The molecule has 3 nitrogen and oxygen atoms in total. The van der Waals surface area contributed by atoms with Crippen molar-refractivity contribution in [3.8, 4) is 16.9 Å². The zero-order valence-corrected chi connectivity index (χ0v) is 22.2. The monoisotopic (exact) mass is 470 g/mol. The Morgan fingerprint density at radius 2 is 1.39 bits per heavy atom. The quantitative estimate of drug-likeness (QED) is 0.116. The fraction of sp³-hybridized carbons (Fsp3) is 0.655. The van der Waals surface area contributed by atoms with Crippen molar-refractivity contribution in [2.75, 3.05) is 12.4 Å². The summed E-state index contributed by atoms with van der Waals surface area (Å²) in [5.41, 5.74) is 2.19. The van der Waals surface area contributed by atoms with Crippen LogP contribution in [0, 0.1) is 5.92 Å². The molecule has 0 amide bonds. The number of rotatable bonds is 19. The van der Waals surface area contributed by atoms with Gasteiger partial charge in [0.05, 0.1) is 6.61 Å². The van der Waals surface area contributed by atoms with Crippen molar-refractivity contribution in [2.45, 2.75) is 109 Å². The Bertz CT molecular complexity index is 717. The number of hydrogen-bond donors (Lipinski definition) is 0. The van der Waals surface area contributed by atoms with Gasteiger partial charge in [0, 0.05) is 23.7 Å². The highest BCUT2D eigenvalue weighted by Crippen LogP contribution is 2.23. The Labute approximate surface area is 207 Å². The number of ether oxygens (including phenoxy) is 1. The minimum atomic E-state index is 0.799. The third kappa shape index (κ3) is 12.5. The van der Waals surface area contributed by atoms with Gasteiger partial charge < -0.3 is 4.74 Å². The lowest BCUT2D eigenvalue weighted by molar-refractivity contribution is 0.302. The third-order valence-corrected chi connectivity index (χ3v) is 7.31. The Morgan fingerprint density at radius 1 is 0.758 bits per heavy atom. The van der Waals surface area contributed by atoms with E-state index in [1.165, 1.54) is 77.0 Å².